The first kappa shape index (κ1) is 22.1. The molecule has 0 radical (unpaired) electrons. The van der Waals surface area contributed by atoms with Crippen molar-refractivity contribution < 1.29 is 18.0 Å². The molecule has 0 bridgehead atoms. The third kappa shape index (κ3) is 5.20. The number of imidazole rings is 1. The van der Waals surface area contributed by atoms with Gasteiger partial charge in [0.1, 0.15) is 12.4 Å². The highest BCUT2D eigenvalue weighted by Crippen LogP contribution is 2.14. The van der Waals surface area contributed by atoms with Gasteiger partial charge < -0.3 is 19.5 Å². The van der Waals surface area contributed by atoms with E-state index in [9.17, 15) is 13.6 Å². The van der Waals surface area contributed by atoms with Crippen LogP contribution >= 0.6 is 24.0 Å². The third-order valence-electron chi connectivity index (χ3n) is 4.26. The van der Waals surface area contributed by atoms with Crippen LogP contribution in [0.15, 0.2) is 40.2 Å². The van der Waals surface area contributed by atoms with Crippen LogP contribution in [-0.2, 0) is 6.54 Å². The van der Waals surface area contributed by atoms with Crippen LogP contribution in [0, 0.1) is 0 Å². The van der Waals surface area contributed by atoms with Crippen molar-refractivity contribution in [2.75, 3.05) is 32.7 Å². The van der Waals surface area contributed by atoms with E-state index >= 15 is 0 Å². The Balaban J connectivity index is 0.00000280. The zero-order chi connectivity index (χ0) is 19.2. The second-order valence-corrected chi connectivity index (χ2v) is 5.96. The van der Waals surface area contributed by atoms with Crippen LogP contribution in [0.5, 0.6) is 0 Å². The Hall–Kier alpha value is -2.18. The summed E-state index contributed by atoms with van der Waals surface area (Å²) in [7, 11) is 0. The number of halogens is 3. The highest BCUT2D eigenvalue weighted by atomic mass is 127. The average Bonchev–Trinajstić information content (AvgIpc) is 3.36. The van der Waals surface area contributed by atoms with Crippen LogP contribution in [0.2, 0.25) is 0 Å². The van der Waals surface area contributed by atoms with Crippen molar-refractivity contribution in [2.45, 2.75) is 20.0 Å². The van der Waals surface area contributed by atoms with Gasteiger partial charge in [0, 0.05) is 45.1 Å². The SMILES string of the molecule is CCNC(=NCc1nccn1C(F)F)N1CCN(C(=O)c2ccco2)CC1.I. The van der Waals surface area contributed by atoms with Crippen molar-refractivity contribution in [1.82, 2.24) is 24.7 Å². The van der Waals surface area contributed by atoms with Gasteiger partial charge in [-0.1, -0.05) is 0 Å². The molecule has 8 nitrogen and oxygen atoms in total. The lowest BCUT2D eigenvalue weighted by Crippen LogP contribution is -2.53. The second-order valence-electron chi connectivity index (χ2n) is 5.96. The fourth-order valence-electron chi connectivity index (χ4n) is 2.89. The number of nitrogens with one attached hydrogen (secondary N) is 1. The minimum Gasteiger partial charge on any atom is -0.459 e. The molecule has 154 valence electrons. The van der Waals surface area contributed by atoms with E-state index in [2.05, 4.69) is 15.3 Å². The number of carbonyl (C=O) groups is 1. The number of nitrogens with zero attached hydrogens (tertiary/aromatic N) is 5. The molecule has 2 aromatic heterocycles. The van der Waals surface area contributed by atoms with Gasteiger partial charge in [0.05, 0.1) is 6.26 Å². The van der Waals surface area contributed by atoms with E-state index in [0.717, 1.165) is 4.57 Å². The maximum absolute atomic E-state index is 12.9. The number of hydrogen-bond donors (Lipinski definition) is 1. The molecule has 0 aliphatic carbocycles. The number of carbonyl (C=O) groups excluding carboxylic acids is 1. The molecular weight excluding hydrogens is 485 g/mol. The van der Waals surface area contributed by atoms with E-state index in [1.54, 1.807) is 17.0 Å². The molecular formula is C17H23F2IN6O2. The molecule has 28 heavy (non-hydrogen) atoms. The number of aliphatic imine (C=N–C) groups is 1. The fraction of sp³-hybridized carbons (Fsp3) is 0.471. The van der Waals surface area contributed by atoms with Gasteiger partial charge in [0.25, 0.3) is 5.91 Å². The average molecular weight is 508 g/mol. The molecule has 0 saturated carbocycles. The number of guanidine groups is 1. The van der Waals surface area contributed by atoms with Gasteiger partial charge >= 0.3 is 6.55 Å². The Morgan fingerprint density at radius 3 is 2.64 bits per heavy atom. The van der Waals surface area contributed by atoms with Crippen LogP contribution in [0.3, 0.4) is 0 Å². The molecule has 11 heteroatoms. The molecule has 2 aromatic rings. The van der Waals surface area contributed by atoms with Crippen molar-refractivity contribution >= 4 is 35.8 Å². The van der Waals surface area contributed by atoms with Gasteiger partial charge in [-0.15, -0.1) is 24.0 Å². The van der Waals surface area contributed by atoms with Crippen molar-refractivity contribution in [1.29, 1.82) is 0 Å². The molecule has 0 aromatic carbocycles. The monoisotopic (exact) mass is 508 g/mol. The van der Waals surface area contributed by atoms with Crippen molar-refractivity contribution in [3.63, 3.8) is 0 Å². The van der Waals surface area contributed by atoms with Crippen LogP contribution < -0.4 is 5.32 Å². The minimum absolute atomic E-state index is 0. The van der Waals surface area contributed by atoms with Crippen LogP contribution in [0.4, 0.5) is 8.78 Å². The summed E-state index contributed by atoms with van der Waals surface area (Å²) in [5.41, 5.74) is 0. The molecule has 0 atom stereocenters. The molecule has 1 N–H and O–H groups in total. The van der Waals surface area contributed by atoms with Crippen molar-refractivity contribution in [2.24, 2.45) is 4.99 Å². The van der Waals surface area contributed by atoms with Gasteiger partial charge in [-0.3, -0.25) is 9.36 Å². The van der Waals surface area contributed by atoms with E-state index in [4.69, 9.17) is 4.42 Å². The lowest BCUT2D eigenvalue weighted by atomic mass is 10.3. The standard InChI is InChI=1S/C17H22F2N6O2.HI/c1-2-20-17(22-12-14-21-5-6-25(14)16(18)19)24-9-7-23(8-10-24)15(26)13-4-3-11-27-13;/h3-6,11,16H,2,7-10,12H2,1H3,(H,20,22);1H. The number of hydrogen-bond acceptors (Lipinski definition) is 4. The number of rotatable bonds is 5. The van der Waals surface area contributed by atoms with E-state index in [-0.39, 0.29) is 42.3 Å². The Labute approximate surface area is 178 Å². The van der Waals surface area contributed by atoms with Gasteiger partial charge in [0.2, 0.25) is 0 Å². The molecule has 0 spiro atoms. The summed E-state index contributed by atoms with van der Waals surface area (Å²) in [6.45, 7) is 2.20. The molecule has 1 aliphatic heterocycles. The van der Waals surface area contributed by atoms with Gasteiger partial charge in [-0.25, -0.2) is 9.98 Å². The van der Waals surface area contributed by atoms with Crippen LogP contribution in [0.25, 0.3) is 0 Å². The summed E-state index contributed by atoms with van der Waals surface area (Å²) < 4.78 is 31.8. The number of aromatic nitrogens is 2. The summed E-state index contributed by atoms with van der Waals surface area (Å²) >= 11 is 0. The first-order chi connectivity index (χ1) is 13.1. The van der Waals surface area contributed by atoms with Gasteiger partial charge in [-0.05, 0) is 19.1 Å². The molecule has 1 amide bonds. The Kier molecular flexibility index (Phi) is 8.20. The van der Waals surface area contributed by atoms with Gasteiger partial charge in [-0.2, -0.15) is 8.78 Å². The predicted molar refractivity (Wildman–Crippen MR) is 110 cm³/mol. The molecule has 1 fully saturated rings. The summed E-state index contributed by atoms with van der Waals surface area (Å²) in [5, 5.41) is 3.16. The van der Waals surface area contributed by atoms with Crippen molar-refractivity contribution in [3.05, 3.63) is 42.4 Å². The Bertz CT molecular complexity index is 772. The predicted octanol–water partition coefficient (Wildman–Crippen LogP) is 2.41. The molecule has 1 saturated heterocycles. The topological polar surface area (TPSA) is 78.9 Å². The fourth-order valence-corrected chi connectivity index (χ4v) is 2.89. The van der Waals surface area contributed by atoms with E-state index < -0.39 is 6.55 Å². The zero-order valence-electron chi connectivity index (χ0n) is 15.4. The summed E-state index contributed by atoms with van der Waals surface area (Å²) in [6.07, 6.45) is 4.05. The van der Waals surface area contributed by atoms with E-state index in [1.807, 2.05) is 11.8 Å². The molecule has 1 aliphatic rings. The molecule has 3 rings (SSSR count). The first-order valence-electron chi connectivity index (χ1n) is 8.76. The van der Waals surface area contributed by atoms with Crippen LogP contribution in [0.1, 0.15) is 29.9 Å². The van der Waals surface area contributed by atoms with E-state index in [0.29, 0.717) is 44.4 Å². The smallest absolute Gasteiger partial charge is 0.319 e. The Morgan fingerprint density at radius 1 is 1.32 bits per heavy atom. The molecule has 0 unspecified atom stereocenters. The number of furan rings is 1. The van der Waals surface area contributed by atoms with Crippen molar-refractivity contribution in [3.8, 4) is 0 Å². The second kappa shape index (κ2) is 10.4. The third-order valence-corrected chi connectivity index (χ3v) is 4.26. The van der Waals surface area contributed by atoms with Crippen LogP contribution in [-0.4, -0.2) is 63.9 Å². The quantitative estimate of drug-likeness (QED) is 0.382. The maximum Gasteiger partial charge on any atom is 0.319 e. The summed E-state index contributed by atoms with van der Waals surface area (Å²) in [6, 6.07) is 3.33. The molecule has 3 heterocycles. The van der Waals surface area contributed by atoms with Gasteiger partial charge in [0.15, 0.2) is 11.7 Å². The van der Waals surface area contributed by atoms with E-state index in [1.165, 1.54) is 18.7 Å². The first-order valence-corrected chi connectivity index (χ1v) is 8.76. The normalized spacial score (nSPS) is 14.9. The number of piperazine rings is 1. The number of amides is 1. The summed E-state index contributed by atoms with van der Waals surface area (Å²) in [4.78, 5) is 24.4. The Morgan fingerprint density at radius 2 is 2.04 bits per heavy atom. The number of alkyl halides is 2. The highest BCUT2D eigenvalue weighted by molar-refractivity contribution is 14.0. The lowest BCUT2D eigenvalue weighted by Gasteiger charge is -2.36. The highest BCUT2D eigenvalue weighted by Gasteiger charge is 2.25. The minimum atomic E-state index is -2.64. The zero-order valence-corrected chi connectivity index (χ0v) is 17.8. The maximum atomic E-state index is 12.9. The largest absolute Gasteiger partial charge is 0.459 e. The summed E-state index contributed by atoms with van der Waals surface area (Å²) in [5.74, 6) is 1.00. The lowest BCUT2D eigenvalue weighted by molar-refractivity contribution is 0.0657.